The Morgan fingerprint density at radius 3 is 2.61 bits per heavy atom. The Labute approximate surface area is 111 Å². The first-order valence-electron chi connectivity index (χ1n) is 7.48. The molecular formula is C14H29N3O. The predicted molar refractivity (Wildman–Crippen MR) is 74.5 cm³/mol. The lowest BCUT2D eigenvalue weighted by Gasteiger charge is -2.39. The van der Waals surface area contributed by atoms with E-state index in [1.807, 2.05) is 0 Å². The van der Waals surface area contributed by atoms with Gasteiger partial charge in [0.05, 0.1) is 6.61 Å². The molecular weight excluding hydrogens is 226 g/mol. The highest BCUT2D eigenvalue weighted by molar-refractivity contribution is 4.95. The van der Waals surface area contributed by atoms with Gasteiger partial charge in [0.1, 0.15) is 0 Å². The molecule has 0 aromatic carbocycles. The fourth-order valence-electron chi connectivity index (χ4n) is 3.30. The van der Waals surface area contributed by atoms with Crippen LogP contribution in [0, 0.1) is 5.92 Å². The van der Waals surface area contributed by atoms with Crippen LogP contribution in [0.5, 0.6) is 0 Å². The van der Waals surface area contributed by atoms with Gasteiger partial charge in [-0.2, -0.15) is 0 Å². The van der Waals surface area contributed by atoms with Gasteiger partial charge in [0.25, 0.3) is 0 Å². The predicted octanol–water partition coefficient (Wildman–Crippen LogP) is 0.501. The minimum absolute atomic E-state index is 0.160. The number of likely N-dealkylation sites (N-methyl/N-ethyl adjacent to an activating group) is 1. The van der Waals surface area contributed by atoms with E-state index < -0.39 is 0 Å². The van der Waals surface area contributed by atoms with Crippen LogP contribution in [0.25, 0.3) is 0 Å². The van der Waals surface area contributed by atoms with Crippen molar-refractivity contribution >= 4 is 0 Å². The second-order valence-corrected chi connectivity index (χ2v) is 6.08. The molecule has 1 heterocycles. The second kappa shape index (κ2) is 6.33. The van der Waals surface area contributed by atoms with Crippen LogP contribution in [-0.4, -0.2) is 66.3 Å². The van der Waals surface area contributed by atoms with E-state index in [4.69, 9.17) is 5.73 Å². The Bertz CT molecular complexity index is 257. The van der Waals surface area contributed by atoms with Crippen molar-refractivity contribution in [2.24, 2.45) is 11.7 Å². The lowest BCUT2D eigenvalue weighted by molar-refractivity contribution is 0.0611. The molecule has 0 bridgehead atoms. The van der Waals surface area contributed by atoms with E-state index in [-0.39, 0.29) is 18.7 Å². The van der Waals surface area contributed by atoms with E-state index in [1.54, 1.807) is 0 Å². The molecule has 106 valence electrons. The maximum Gasteiger partial charge on any atom is 0.0602 e. The highest BCUT2D eigenvalue weighted by Crippen LogP contribution is 2.34. The Hall–Kier alpha value is -0.160. The van der Waals surface area contributed by atoms with Crippen molar-refractivity contribution in [2.75, 3.05) is 33.3 Å². The van der Waals surface area contributed by atoms with E-state index in [9.17, 15) is 5.11 Å². The third-order valence-electron chi connectivity index (χ3n) is 4.64. The Kier molecular flexibility index (Phi) is 5.01. The summed E-state index contributed by atoms with van der Waals surface area (Å²) in [6.07, 6.45) is 4.82. The number of aliphatic hydroxyl groups is 1. The van der Waals surface area contributed by atoms with Crippen LogP contribution in [0.15, 0.2) is 0 Å². The molecule has 3 atom stereocenters. The molecule has 2 rings (SSSR count). The zero-order chi connectivity index (χ0) is 13.1. The quantitative estimate of drug-likeness (QED) is 0.751. The average molecular weight is 255 g/mol. The third-order valence-corrected chi connectivity index (χ3v) is 4.64. The first-order valence-corrected chi connectivity index (χ1v) is 7.48. The van der Waals surface area contributed by atoms with Gasteiger partial charge in [-0.1, -0.05) is 6.92 Å². The van der Waals surface area contributed by atoms with Crippen molar-refractivity contribution in [1.29, 1.82) is 0 Å². The van der Waals surface area contributed by atoms with Crippen molar-refractivity contribution in [1.82, 2.24) is 9.80 Å². The SMILES string of the molecule is CCC1CN(C)CCCN1C(CO)C(N)C1CC1. The minimum Gasteiger partial charge on any atom is -0.395 e. The summed E-state index contributed by atoms with van der Waals surface area (Å²) in [6.45, 7) is 5.79. The maximum atomic E-state index is 9.76. The topological polar surface area (TPSA) is 52.7 Å². The van der Waals surface area contributed by atoms with Crippen LogP contribution in [-0.2, 0) is 0 Å². The van der Waals surface area contributed by atoms with Crippen molar-refractivity contribution in [3.63, 3.8) is 0 Å². The highest BCUT2D eigenvalue weighted by atomic mass is 16.3. The fraction of sp³-hybridized carbons (Fsp3) is 1.00. The van der Waals surface area contributed by atoms with E-state index in [0.29, 0.717) is 12.0 Å². The molecule has 1 saturated carbocycles. The van der Waals surface area contributed by atoms with E-state index in [2.05, 4.69) is 23.8 Å². The van der Waals surface area contributed by atoms with E-state index in [0.717, 1.165) is 26.1 Å². The molecule has 2 fully saturated rings. The van der Waals surface area contributed by atoms with Gasteiger partial charge in [0, 0.05) is 31.2 Å². The molecule has 2 aliphatic rings. The molecule has 1 aliphatic carbocycles. The lowest BCUT2D eigenvalue weighted by Crippen LogP contribution is -2.56. The van der Waals surface area contributed by atoms with Crippen LogP contribution < -0.4 is 5.73 Å². The maximum absolute atomic E-state index is 9.76. The number of hydrogen-bond donors (Lipinski definition) is 2. The van der Waals surface area contributed by atoms with Gasteiger partial charge >= 0.3 is 0 Å². The summed E-state index contributed by atoms with van der Waals surface area (Å²) in [5.41, 5.74) is 6.35. The summed E-state index contributed by atoms with van der Waals surface area (Å²) < 4.78 is 0. The van der Waals surface area contributed by atoms with Crippen molar-refractivity contribution in [3.05, 3.63) is 0 Å². The summed E-state index contributed by atoms with van der Waals surface area (Å²) in [6, 6.07) is 0.862. The fourth-order valence-corrected chi connectivity index (χ4v) is 3.30. The van der Waals surface area contributed by atoms with Gasteiger partial charge in [0.2, 0.25) is 0 Å². The van der Waals surface area contributed by atoms with Gasteiger partial charge in [-0.15, -0.1) is 0 Å². The highest BCUT2D eigenvalue weighted by Gasteiger charge is 2.38. The summed E-state index contributed by atoms with van der Waals surface area (Å²) in [4.78, 5) is 4.90. The number of hydrogen-bond acceptors (Lipinski definition) is 4. The van der Waals surface area contributed by atoms with Crippen molar-refractivity contribution in [3.8, 4) is 0 Å². The van der Waals surface area contributed by atoms with Gasteiger partial charge in [0.15, 0.2) is 0 Å². The smallest absolute Gasteiger partial charge is 0.0602 e. The van der Waals surface area contributed by atoms with Crippen LogP contribution in [0.1, 0.15) is 32.6 Å². The summed E-state index contributed by atoms with van der Waals surface area (Å²) in [5, 5.41) is 9.76. The molecule has 0 amide bonds. The van der Waals surface area contributed by atoms with Crippen LogP contribution in [0.3, 0.4) is 0 Å². The molecule has 0 aromatic heterocycles. The Morgan fingerprint density at radius 1 is 1.33 bits per heavy atom. The molecule has 3 N–H and O–H groups in total. The zero-order valence-electron chi connectivity index (χ0n) is 11.9. The third kappa shape index (κ3) is 3.23. The van der Waals surface area contributed by atoms with Gasteiger partial charge < -0.3 is 15.7 Å². The molecule has 4 nitrogen and oxygen atoms in total. The molecule has 0 spiro atoms. The average Bonchev–Trinajstić information content (AvgIpc) is 3.18. The summed E-state index contributed by atoms with van der Waals surface area (Å²) in [5.74, 6) is 0.653. The monoisotopic (exact) mass is 255 g/mol. The molecule has 18 heavy (non-hydrogen) atoms. The van der Waals surface area contributed by atoms with E-state index >= 15 is 0 Å². The van der Waals surface area contributed by atoms with Crippen molar-refractivity contribution in [2.45, 2.75) is 50.7 Å². The standard InChI is InChI=1S/C14H29N3O/c1-3-12-9-16(2)7-4-8-17(12)13(10-18)14(15)11-5-6-11/h11-14,18H,3-10,15H2,1-2H3. The zero-order valence-corrected chi connectivity index (χ0v) is 11.9. The molecule has 0 radical (unpaired) electrons. The van der Waals surface area contributed by atoms with Crippen LogP contribution in [0.4, 0.5) is 0 Å². The normalized spacial score (nSPS) is 31.0. The number of rotatable bonds is 5. The molecule has 1 saturated heterocycles. The molecule has 4 heteroatoms. The first kappa shape index (κ1) is 14.3. The van der Waals surface area contributed by atoms with Gasteiger partial charge in [-0.3, -0.25) is 4.90 Å². The van der Waals surface area contributed by atoms with Crippen LogP contribution in [0.2, 0.25) is 0 Å². The second-order valence-electron chi connectivity index (χ2n) is 6.08. The van der Waals surface area contributed by atoms with Gasteiger partial charge in [-0.05, 0) is 45.2 Å². The molecule has 3 unspecified atom stereocenters. The largest absolute Gasteiger partial charge is 0.395 e. The summed E-state index contributed by atoms with van der Waals surface area (Å²) in [7, 11) is 2.20. The number of nitrogens with zero attached hydrogens (tertiary/aromatic N) is 2. The van der Waals surface area contributed by atoms with E-state index in [1.165, 1.54) is 19.3 Å². The lowest BCUT2D eigenvalue weighted by atomic mass is 10.0. The van der Waals surface area contributed by atoms with Gasteiger partial charge in [-0.25, -0.2) is 0 Å². The molecule has 0 aromatic rings. The first-order chi connectivity index (χ1) is 8.67. The Balaban J connectivity index is 2.05. The number of nitrogens with two attached hydrogens (primary N) is 1. The Morgan fingerprint density at radius 2 is 2.06 bits per heavy atom. The minimum atomic E-state index is 0.160. The molecule has 1 aliphatic heterocycles. The number of aliphatic hydroxyl groups excluding tert-OH is 1. The summed E-state index contributed by atoms with van der Waals surface area (Å²) >= 11 is 0. The van der Waals surface area contributed by atoms with Crippen molar-refractivity contribution < 1.29 is 5.11 Å². The van der Waals surface area contributed by atoms with Crippen LogP contribution >= 0.6 is 0 Å².